The second kappa shape index (κ2) is 16.5. The second-order valence-electron chi connectivity index (χ2n) is 14.4. The maximum Gasteiger partial charge on any atom is 0.457 e. The molecule has 5 aromatic rings. The molecule has 11 heteroatoms. The topological polar surface area (TPSA) is 103 Å². The molecule has 0 bridgehead atoms. The summed E-state index contributed by atoms with van der Waals surface area (Å²) in [6, 6.07) is 38.7. The minimum atomic E-state index is -0.766. The first-order chi connectivity index (χ1) is 25.1. The highest BCUT2D eigenvalue weighted by Crippen LogP contribution is 2.41. The Morgan fingerprint density at radius 2 is 1.35 bits per heavy atom. The molecular weight excluding hydrogens is 671 g/mol. The van der Waals surface area contributed by atoms with Gasteiger partial charge in [0.1, 0.15) is 6.54 Å². The van der Waals surface area contributed by atoms with Crippen LogP contribution in [0.4, 0.5) is 0 Å². The minimum Gasteiger partial charge on any atom is -0.403 e. The number of nitrogens with zero attached hydrogens (tertiary/aromatic N) is 4. The van der Waals surface area contributed by atoms with Gasteiger partial charge >= 0.3 is 7.12 Å². The Balaban J connectivity index is 1.28. The van der Waals surface area contributed by atoms with Crippen molar-refractivity contribution in [3.8, 4) is 0 Å². The van der Waals surface area contributed by atoms with E-state index in [-0.39, 0.29) is 36.8 Å². The van der Waals surface area contributed by atoms with E-state index in [4.69, 9.17) is 20.9 Å². The van der Waals surface area contributed by atoms with Gasteiger partial charge in [0.05, 0.1) is 22.8 Å². The van der Waals surface area contributed by atoms with E-state index in [1.807, 2.05) is 42.5 Å². The summed E-state index contributed by atoms with van der Waals surface area (Å²) in [7, 11) is -0.268. The van der Waals surface area contributed by atoms with E-state index in [1.165, 1.54) is 0 Å². The zero-order valence-corrected chi connectivity index (χ0v) is 31.2. The molecule has 2 N–H and O–H groups in total. The molecule has 6 rings (SSSR count). The lowest BCUT2D eigenvalue weighted by Gasteiger charge is -2.40. The number of benzene rings is 4. The van der Waals surface area contributed by atoms with Gasteiger partial charge in [-0.1, -0.05) is 128 Å². The molecule has 1 unspecified atom stereocenters. The first-order valence-electron chi connectivity index (χ1n) is 18.1. The van der Waals surface area contributed by atoms with E-state index >= 15 is 0 Å². The molecule has 1 saturated heterocycles. The van der Waals surface area contributed by atoms with Crippen molar-refractivity contribution < 1.29 is 14.1 Å². The number of carbonyl (C=O) groups is 1. The molecule has 1 atom stereocenters. The first-order valence-corrected chi connectivity index (χ1v) is 18.5. The van der Waals surface area contributed by atoms with Crippen molar-refractivity contribution in [2.75, 3.05) is 6.54 Å². The highest BCUT2D eigenvalue weighted by Gasteiger charge is 2.50. The summed E-state index contributed by atoms with van der Waals surface area (Å²) in [5, 5.41) is 20.8. The molecule has 0 aliphatic carbocycles. The summed E-state index contributed by atoms with van der Waals surface area (Å²) in [6.45, 7) is 8.80. The normalized spacial score (nSPS) is 15.8. The van der Waals surface area contributed by atoms with Crippen LogP contribution in [0.2, 0.25) is 11.3 Å². The van der Waals surface area contributed by atoms with Gasteiger partial charge in [0, 0.05) is 11.6 Å². The number of hydrogen-bond donors (Lipinski definition) is 2. The van der Waals surface area contributed by atoms with Crippen LogP contribution in [-0.2, 0) is 32.6 Å². The van der Waals surface area contributed by atoms with E-state index in [1.54, 1.807) is 4.68 Å². The molecule has 1 aliphatic rings. The van der Waals surface area contributed by atoms with Gasteiger partial charge in [-0.2, -0.15) is 0 Å². The molecule has 2 heterocycles. The number of unbranched alkanes of at least 4 members (excludes halogenated alkanes) is 1. The zero-order valence-electron chi connectivity index (χ0n) is 30.5. The monoisotopic (exact) mass is 718 g/mol. The average molecular weight is 719 g/mol. The largest absolute Gasteiger partial charge is 0.457 e. The van der Waals surface area contributed by atoms with Crippen molar-refractivity contribution >= 4 is 24.6 Å². The van der Waals surface area contributed by atoms with Gasteiger partial charge in [-0.3, -0.25) is 10.1 Å². The summed E-state index contributed by atoms with van der Waals surface area (Å²) in [5.41, 5.74) is 2.81. The molecule has 0 saturated carbocycles. The van der Waals surface area contributed by atoms with Crippen LogP contribution < -0.4 is 10.6 Å². The molecule has 0 spiro atoms. The highest BCUT2D eigenvalue weighted by atomic mass is 35.5. The lowest BCUT2D eigenvalue weighted by atomic mass is 9.76. The van der Waals surface area contributed by atoms with Gasteiger partial charge in [-0.15, -0.1) is 5.10 Å². The Morgan fingerprint density at radius 3 is 1.88 bits per heavy atom. The van der Waals surface area contributed by atoms with Crippen LogP contribution >= 0.6 is 11.6 Å². The van der Waals surface area contributed by atoms with E-state index in [0.29, 0.717) is 30.2 Å². The number of rotatable bonds is 16. The van der Waals surface area contributed by atoms with Crippen LogP contribution in [0.25, 0.3) is 0 Å². The summed E-state index contributed by atoms with van der Waals surface area (Å²) >= 11 is 6.04. The first kappa shape index (κ1) is 37.4. The summed E-state index contributed by atoms with van der Waals surface area (Å²) in [4.78, 5) is 13.3. The van der Waals surface area contributed by atoms with E-state index in [0.717, 1.165) is 41.4 Å². The third-order valence-electron chi connectivity index (χ3n) is 10.3. The fraction of sp³-hybridized carbons (Fsp3) is 0.366. The molecule has 1 aliphatic heterocycles. The van der Waals surface area contributed by atoms with E-state index in [2.05, 4.69) is 127 Å². The Labute approximate surface area is 312 Å². The van der Waals surface area contributed by atoms with Crippen LogP contribution in [0.15, 0.2) is 115 Å². The van der Waals surface area contributed by atoms with Crippen molar-refractivity contribution in [2.45, 2.75) is 89.0 Å². The molecule has 270 valence electrons. The van der Waals surface area contributed by atoms with Gasteiger partial charge in [0.25, 0.3) is 0 Å². The third kappa shape index (κ3) is 8.64. The van der Waals surface area contributed by atoms with Crippen molar-refractivity contribution in [3.05, 3.63) is 148 Å². The SMILES string of the molecule is CC1(C)OB(CCCCC(NC(c2ccccc2)(c2ccccc2)c2ccccc2)c2nnnn2CC(=O)NCCc2ccc(Cl)cc2)OC1(C)C. The quantitative estimate of drug-likeness (QED) is 0.0617. The molecule has 0 radical (unpaired) electrons. The predicted molar refractivity (Wildman–Crippen MR) is 206 cm³/mol. The molecule has 4 aromatic carbocycles. The third-order valence-corrected chi connectivity index (χ3v) is 10.6. The van der Waals surface area contributed by atoms with Crippen LogP contribution in [0.1, 0.15) is 81.1 Å². The average Bonchev–Trinajstić information content (AvgIpc) is 3.69. The van der Waals surface area contributed by atoms with Crippen LogP contribution in [0, 0.1) is 0 Å². The van der Waals surface area contributed by atoms with E-state index in [9.17, 15) is 4.79 Å². The van der Waals surface area contributed by atoms with Gasteiger partial charge in [-0.25, -0.2) is 4.68 Å². The predicted octanol–water partition coefficient (Wildman–Crippen LogP) is 7.57. The molecule has 52 heavy (non-hydrogen) atoms. The number of aromatic nitrogens is 4. The summed E-state index contributed by atoms with van der Waals surface area (Å²) in [6.07, 6.45) is 3.87. The lowest BCUT2D eigenvalue weighted by Crippen LogP contribution is -2.47. The van der Waals surface area contributed by atoms with Crippen molar-refractivity contribution in [3.63, 3.8) is 0 Å². The van der Waals surface area contributed by atoms with Crippen LogP contribution in [-0.4, -0.2) is 51.0 Å². The Hall–Kier alpha value is -4.35. The number of hydrogen-bond acceptors (Lipinski definition) is 7. The smallest absolute Gasteiger partial charge is 0.403 e. The standard InChI is InChI=1S/C41H48BClN6O3/c1-39(2)40(3,4)52-42(51-39)28-15-14-22-36(38-46-47-48-49(38)30-37(50)44-29-27-31-23-25-35(43)26-24-31)45-41(32-16-8-5-9-17-32,33-18-10-6-11-19-33)34-20-12-7-13-21-34/h5-13,16-21,23-26,36,45H,14-15,22,27-30H2,1-4H3,(H,44,50). The van der Waals surface area contributed by atoms with Gasteiger partial charge in [0.2, 0.25) is 5.91 Å². The van der Waals surface area contributed by atoms with Gasteiger partial charge < -0.3 is 14.6 Å². The molecule has 1 fully saturated rings. The molecule has 1 amide bonds. The highest BCUT2D eigenvalue weighted by molar-refractivity contribution is 6.45. The van der Waals surface area contributed by atoms with Crippen molar-refractivity contribution in [1.82, 2.24) is 30.8 Å². The number of carbonyl (C=O) groups excluding carboxylic acids is 1. The molecule has 1 aromatic heterocycles. The second-order valence-corrected chi connectivity index (χ2v) is 14.9. The van der Waals surface area contributed by atoms with Crippen molar-refractivity contribution in [2.24, 2.45) is 0 Å². The van der Waals surface area contributed by atoms with Crippen LogP contribution in [0.5, 0.6) is 0 Å². The minimum absolute atomic E-state index is 0.00986. The number of amides is 1. The Bertz CT molecular complexity index is 1760. The number of halogens is 1. The lowest BCUT2D eigenvalue weighted by molar-refractivity contribution is -0.121. The maximum atomic E-state index is 13.3. The van der Waals surface area contributed by atoms with Crippen LogP contribution in [0.3, 0.4) is 0 Å². The Morgan fingerprint density at radius 1 is 0.808 bits per heavy atom. The van der Waals surface area contributed by atoms with Gasteiger partial charge in [-0.05, 0) is 91.7 Å². The number of nitrogens with one attached hydrogen (secondary N) is 2. The Kier molecular flexibility index (Phi) is 11.9. The molecular formula is C41H48BClN6O3. The summed E-state index contributed by atoms with van der Waals surface area (Å²) < 4.78 is 14.2. The zero-order chi connectivity index (χ0) is 36.6. The van der Waals surface area contributed by atoms with Crippen molar-refractivity contribution in [1.29, 1.82) is 0 Å². The van der Waals surface area contributed by atoms with E-state index < -0.39 is 5.54 Å². The maximum absolute atomic E-state index is 13.3. The number of tetrazole rings is 1. The fourth-order valence-electron chi connectivity index (χ4n) is 6.85. The fourth-order valence-corrected chi connectivity index (χ4v) is 6.97. The van der Waals surface area contributed by atoms with Gasteiger partial charge in [0.15, 0.2) is 5.82 Å². The molecule has 9 nitrogen and oxygen atoms in total. The summed E-state index contributed by atoms with van der Waals surface area (Å²) in [5.74, 6) is 0.429.